The van der Waals surface area contributed by atoms with E-state index in [4.69, 9.17) is 19.9 Å². The molecule has 0 bridgehead atoms. The summed E-state index contributed by atoms with van der Waals surface area (Å²) in [4.78, 5) is 20.2. The molecule has 8 aromatic rings. The molecule has 0 N–H and O–H groups in total. The summed E-state index contributed by atoms with van der Waals surface area (Å²) in [5, 5.41) is 3.33. The number of fused-ring (bicyclic) bond motifs is 4. The molecule has 0 saturated heterocycles. The average molecular weight is 739 g/mol. The largest absolute Gasteiger partial charge is 0.256 e. The number of rotatable bonds is 5. The summed E-state index contributed by atoms with van der Waals surface area (Å²) in [6.45, 7) is 0. The first-order valence-corrected chi connectivity index (χ1v) is 19.9. The molecule has 4 aromatic carbocycles. The molecule has 4 nitrogen and oxygen atoms in total. The SMILES string of the molecule is C1=CC2=C(c3ccc4ccc5c(-c6ccccc6)c6ccccc6nc5c4n3)C=CC3=CC=C4C(c5cc(-c6ccccn6)cc(-c6ccccn6)c5)=CC=C1C4C32. The third-order valence-corrected chi connectivity index (χ3v) is 12.2. The van der Waals surface area contributed by atoms with E-state index in [1.54, 1.807) is 0 Å². The Kier molecular flexibility index (Phi) is 7.32. The van der Waals surface area contributed by atoms with Crippen LogP contribution in [0.15, 0.2) is 217 Å². The second-order valence-corrected chi connectivity index (χ2v) is 15.4. The Hall–Kier alpha value is -7.56. The quantitative estimate of drug-likeness (QED) is 0.130. The van der Waals surface area contributed by atoms with Crippen LogP contribution in [0.5, 0.6) is 0 Å². The molecule has 12 rings (SSSR count). The van der Waals surface area contributed by atoms with Crippen LogP contribution in [0.25, 0.3) is 77.5 Å². The van der Waals surface area contributed by atoms with Gasteiger partial charge in [-0.25, -0.2) is 9.97 Å². The fourth-order valence-corrected chi connectivity index (χ4v) is 9.52. The number of hydrogen-bond acceptors (Lipinski definition) is 4. The molecule has 0 amide bonds. The van der Waals surface area contributed by atoms with E-state index < -0.39 is 0 Å². The number of aromatic nitrogens is 4. The molecule has 2 atom stereocenters. The van der Waals surface area contributed by atoms with Crippen LogP contribution in [0.2, 0.25) is 0 Å². The molecule has 2 unspecified atom stereocenters. The molecular weight excluding hydrogens is 705 g/mol. The molecule has 0 saturated carbocycles. The maximum atomic E-state index is 5.49. The number of nitrogens with zero attached hydrogens (tertiary/aromatic N) is 4. The molecule has 0 radical (unpaired) electrons. The molecule has 4 aliphatic rings. The standard InChI is InChI=1S/C54H34N4/c1-2-10-33(11-3-1)50-44-12-4-5-15-48(44)58-54-45(50)26-20-36-21-27-49(57-53(36)54)41-23-17-35-18-24-42-40(22-16-34-19-25-43(41)52(35)51(34)42)37-30-38(46-13-6-8-28-55-46)32-39(31-37)47-14-7-9-29-56-47/h1-32,51-52H. The van der Waals surface area contributed by atoms with Crippen molar-refractivity contribution >= 4 is 43.9 Å². The molecule has 0 aliphatic heterocycles. The fourth-order valence-electron chi connectivity index (χ4n) is 9.52. The minimum absolute atomic E-state index is 0.172. The van der Waals surface area contributed by atoms with Gasteiger partial charge in [-0.2, -0.15) is 0 Å². The minimum atomic E-state index is 0.172. The van der Waals surface area contributed by atoms with Crippen LogP contribution in [0.4, 0.5) is 0 Å². The monoisotopic (exact) mass is 738 g/mol. The summed E-state index contributed by atoms with van der Waals surface area (Å²) in [6, 6.07) is 46.8. The minimum Gasteiger partial charge on any atom is -0.256 e. The Morgan fingerprint density at radius 1 is 0.431 bits per heavy atom. The predicted molar refractivity (Wildman–Crippen MR) is 237 cm³/mol. The molecule has 4 heteroatoms. The van der Waals surface area contributed by atoms with Crippen molar-refractivity contribution in [2.24, 2.45) is 11.8 Å². The molecule has 0 spiro atoms. The van der Waals surface area contributed by atoms with Crippen molar-refractivity contribution in [3.05, 3.63) is 228 Å². The summed E-state index contributed by atoms with van der Waals surface area (Å²) in [5.41, 5.74) is 19.0. The van der Waals surface area contributed by atoms with Crippen LogP contribution in [-0.4, -0.2) is 19.9 Å². The third-order valence-electron chi connectivity index (χ3n) is 12.2. The van der Waals surface area contributed by atoms with E-state index in [0.29, 0.717) is 0 Å². The first-order valence-electron chi connectivity index (χ1n) is 19.9. The normalized spacial score (nSPS) is 17.9. The number of para-hydroxylation sites is 1. The second kappa shape index (κ2) is 13.0. The molecule has 4 heterocycles. The molecule has 4 aliphatic carbocycles. The van der Waals surface area contributed by atoms with Crippen LogP contribution < -0.4 is 0 Å². The first kappa shape index (κ1) is 32.7. The Balaban J connectivity index is 0.990. The van der Waals surface area contributed by atoms with E-state index in [1.165, 1.54) is 39.0 Å². The van der Waals surface area contributed by atoms with E-state index in [2.05, 4.69) is 158 Å². The first-order chi connectivity index (χ1) is 28.7. The zero-order valence-electron chi connectivity index (χ0n) is 31.4. The zero-order chi connectivity index (χ0) is 38.2. The van der Waals surface area contributed by atoms with Crippen LogP contribution in [0.1, 0.15) is 11.3 Å². The van der Waals surface area contributed by atoms with Gasteiger partial charge < -0.3 is 0 Å². The lowest BCUT2D eigenvalue weighted by molar-refractivity contribution is 0.569. The van der Waals surface area contributed by atoms with E-state index in [1.807, 2.05) is 36.7 Å². The molecular formula is C54H34N4. The van der Waals surface area contributed by atoms with Gasteiger partial charge in [-0.3, -0.25) is 9.97 Å². The highest BCUT2D eigenvalue weighted by Gasteiger charge is 2.41. The maximum absolute atomic E-state index is 5.49. The van der Waals surface area contributed by atoms with Crippen molar-refractivity contribution in [2.75, 3.05) is 0 Å². The number of benzene rings is 4. The summed E-state index contributed by atoms with van der Waals surface area (Å²) < 4.78 is 0. The molecule has 58 heavy (non-hydrogen) atoms. The summed E-state index contributed by atoms with van der Waals surface area (Å²) in [7, 11) is 0. The van der Waals surface area contributed by atoms with Crippen LogP contribution in [0.3, 0.4) is 0 Å². The maximum Gasteiger partial charge on any atom is 0.0978 e. The van der Waals surface area contributed by atoms with Gasteiger partial charge in [0.2, 0.25) is 0 Å². The third kappa shape index (κ3) is 5.15. The lowest BCUT2D eigenvalue weighted by Gasteiger charge is -2.42. The Morgan fingerprint density at radius 3 is 1.91 bits per heavy atom. The lowest BCUT2D eigenvalue weighted by Crippen LogP contribution is -2.30. The Labute approximate surface area is 336 Å². The molecule has 4 aromatic heterocycles. The van der Waals surface area contributed by atoms with Crippen LogP contribution in [-0.2, 0) is 0 Å². The zero-order valence-corrected chi connectivity index (χ0v) is 31.4. The van der Waals surface area contributed by atoms with Gasteiger partial charge in [-0.05, 0) is 93.6 Å². The van der Waals surface area contributed by atoms with Crippen molar-refractivity contribution in [3.63, 3.8) is 0 Å². The van der Waals surface area contributed by atoms with Crippen LogP contribution in [0, 0.1) is 11.8 Å². The van der Waals surface area contributed by atoms with Gasteiger partial charge >= 0.3 is 0 Å². The summed E-state index contributed by atoms with van der Waals surface area (Å²) in [5.74, 6) is 0.352. The average Bonchev–Trinajstić information content (AvgIpc) is 3.30. The Morgan fingerprint density at radius 2 is 1.12 bits per heavy atom. The number of pyridine rings is 4. The fraction of sp³-hybridized carbons (Fsp3) is 0.0370. The second-order valence-electron chi connectivity index (χ2n) is 15.4. The predicted octanol–water partition coefficient (Wildman–Crippen LogP) is 12.7. The van der Waals surface area contributed by atoms with Gasteiger partial charge in [-0.15, -0.1) is 0 Å². The van der Waals surface area contributed by atoms with Crippen molar-refractivity contribution in [1.82, 2.24) is 19.9 Å². The summed E-state index contributed by atoms with van der Waals surface area (Å²) in [6.07, 6.45) is 22.2. The van der Waals surface area contributed by atoms with E-state index >= 15 is 0 Å². The smallest absolute Gasteiger partial charge is 0.0978 e. The number of allylic oxidation sites excluding steroid dienone is 14. The molecule has 0 fully saturated rings. The van der Waals surface area contributed by atoms with Gasteiger partial charge in [0.15, 0.2) is 0 Å². The van der Waals surface area contributed by atoms with E-state index in [9.17, 15) is 0 Å². The Bertz CT molecular complexity index is 3200. The van der Waals surface area contributed by atoms with Crippen molar-refractivity contribution < 1.29 is 0 Å². The lowest BCUT2D eigenvalue weighted by atomic mass is 9.61. The highest BCUT2D eigenvalue weighted by Crippen LogP contribution is 2.54. The number of hydrogen-bond donors (Lipinski definition) is 0. The van der Waals surface area contributed by atoms with Gasteiger partial charge in [0.1, 0.15) is 0 Å². The van der Waals surface area contributed by atoms with E-state index in [-0.39, 0.29) is 11.8 Å². The van der Waals surface area contributed by atoms with Gasteiger partial charge in [0.05, 0.1) is 33.6 Å². The molecule has 270 valence electrons. The van der Waals surface area contributed by atoms with Crippen molar-refractivity contribution in [2.45, 2.75) is 0 Å². The topological polar surface area (TPSA) is 51.6 Å². The highest BCUT2D eigenvalue weighted by atomic mass is 14.8. The van der Waals surface area contributed by atoms with Gasteiger partial charge in [0.25, 0.3) is 0 Å². The van der Waals surface area contributed by atoms with E-state index in [0.717, 1.165) is 72.1 Å². The van der Waals surface area contributed by atoms with Gasteiger partial charge in [0, 0.05) is 62.7 Å². The van der Waals surface area contributed by atoms with Crippen LogP contribution >= 0.6 is 0 Å². The highest BCUT2D eigenvalue weighted by molar-refractivity contribution is 6.16. The van der Waals surface area contributed by atoms with Gasteiger partial charge in [-0.1, -0.05) is 127 Å². The van der Waals surface area contributed by atoms with Crippen molar-refractivity contribution in [3.8, 4) is 33.6 Å². The summed E-state index contributed by atoms with van der Waals surface area (Å²) >= 11 is 0. The van der Waals surface area contributed by atoms with Crippen molar-refractivity contribution in [1.29, 1.82) is 0 Å².